The normalized spacial score (nSPS) is 15.5. The molecule has 1 radical (unpaired) electrons. The predicted octanol–water partition coefficient (Wildman–Crippen LogP) is 7.99. The first-order valence-electron chi connectivity index (χ1n) is 8.46. The van der Waals surface area contributed by atoms with Gasteiger partial charge >= 0.3 is 36.3 Å². The molecular weight excluding hydrogens is 527 g/mol. The lowest BCUT2D eigenvalue weighted by molar-refractivity contribution is -0.389. The summed E-state index contributed by atoms with van der Waals surface area (Å²) in [6, 6.07) is 2.42. The number of nitrogens with zero attached hydrogens (tertiary/aromatic N) is 1. The maximum atomic E-state index is 15.1. The molecule has 2 aromatic rings. The van der Waals surface area contributed by atoms with Crippen molar-refractivity contribution in [3.63, 3.8) is 0 Å². The largest absolute Gasteiger partial charge is 0.457 e. The number of hydrogen-bond acceptors (Lipinski definition) is 1. The minimum atomic E-state index is -7.56. The highest BCUT2D eigenvalue weighted by Gasteiger charge is 2.82. The summed E-state index contributed by atoms with van der Waals surface area (Å²) in [6.07, 6.45) is -27.0. The molecule has 1 unspecified atom stereocenters. The van der Waals surface area contributed by atoms with Gasteiger partial charge in [-0.05, 0) is 23.8 Å². The highest BCUT2D eigenvalue weighted by atomic mass is 19.4. The lowest BCUT2D eigenvalue weighted by Gasteiger charge is -2.38. The smallest absolute Gasteiger partial charge is 0.221 e. The number of nitriles is 1. The minimum Gasteiger partial charge on any atom is -0.221 e. The summed E-state index contributed by atoms with van der Waals surface area (Å²) in [5.74, 6) is -7.56. The standard InChI is InChI=1S/C19H5F15N/c20-14(18(29,30)31,17(27,28)19(32,33)34)11-5-10(15(21,22)23)6-12(16(24,25)26)13(11)9-3-1-8(7-35)2-4-9/h1-5H. The van der Waals surface area contributed by atoms with Crippen LogP contribution in [0.2, 0.25) is 0 Å². The van der Waals surface area contributed by atoms with E-state index in [-0.39, 0.29) is 12.1 Å². The Kier molecular flexibility index (Phi) is 6.61. The molecule has 0 aliphatic carbocycles. The van der Waals surface area contributed by atoms with E-state index in [2.05, 4.69) is 0 Å². The quantitative estimate of drug-likeness (QED) is 0.368. The van der Waals surface area contributed by atoms with Crippen molar-refractivity contribution in [2.75, 3.05) is 0 Å². The first kappa shape index (κ1) is 28.1. The van der Waals surface area contributed by atoms with Crippen LogP contribution in [0.15, 0.2) is 30.3 Å². The number of halogens is 15. The zero-order valence-corrected chi connectivity index (χ0v) is 16.0. The van der Waals surface area contributed by atoms with E-state index in [1.165, 1.54) is 6.07 Å². The lowest BCUT2D eigenvalue weighted by atomic mass is 9.79. The fourth-order valence-corrected chi connectivity index (χ4v) is 2.93. The third kappa shape index (κ3) is 4.72. The molecule has 1 atom stereocenters. The molecule has 0 spiro atoms. The zero-order valence-electron chi connectivity index (χ0n) is 16.0. The zero-order chi connectivity index (χ0) is 27.4. The second kappa shape index (κ2) is 8.23. The molecule has 0 bridgehead atoms. The van der Waals surface area contributed by atoms with Crippen molar-refractivity contribution >= 4 is 0 Å². The van der Waals surface area contributed by atoms with Crippen LogP contribution in [0.25, 0.3) is 11.1 Å². The molecule has 0 heterocycles. The Hall–Kier alpha value is -3.12. The Morgan fingerprint density at radius 2 is 1.14 bits per heavy atom. The van der Waals surface area contributed by atoms with Crippen LogP contribution in [0.1, 0.15) is 22.3 Å². The van der Waals surface area contributed by atoms with Gasteiger partial charge in [0, 0.05) is 17.2 Å². The Bertz CT molecular complexity index is 1130. The van der Waals surface area contributed by atoms with Crippen molar-refractivity contribution in [2.45, 2.75) is 36.3 Å². The predicted molar refractivity (Wildman–Crippen MR) is 85.3 cm³/mol. The molecule has 0 saturated heterocycles. The summed E-state index contributed by atoms with van der Waals surface area (Å²) in [5, 5.41) is 8.70. The lowest BCUT2D eigenvalue weighted by Crippen LogP contribution is -2.60. The van der Waals surface area contributed by atoms with Crippen LogP contribution in [0, 0.1) is 17.4 Å². The number of rotatable bonds is 3. The minimum absolute atomic E-state index is 0.288. The van der Waals surface area contributed by atoms with Crippen molar-refractivity contribution in [1.29, 1.82) is 5.26 Å². The van der Waals surface area contributed by atoms with Gasteiger partial charge in [0.2, 0.25) is 0 Å². The molecule has 1 nitrogen and oxygen atoms in total. The summed E-state index contributed by atoms with van der Waals surface area (Å²) in [4.78, 5) is 0. The van der Waals surface area contributed by atoms with Gasteiger partial charge in [0.15, 0.2) is 0 Å². The molecule has 0 saturated carbocycles. The highest BCUT2D eigenvalue weighted by Crippen LogP contribution is 2.61. The van der Waals surface area contributed by atoms with E-state index in [4.69, 9.17) is 5.26 Å². The summed E-state index contributed by atoms with van der Waals surface area (Å²) in [6.45, 7) is 0. The Morgan fingerprint density at radius 1 is 0.657 bits per heavy atom. The van der Waals surface area contributed by atoms with Gasteiger partial charge in [0.1, 0.15) is 0 Å². The molecule has 0 amide bonds. The molecule has 2 rings (SSSR count). The van der Waals surface area contributed by atoms with Crippen molar-refractivity contribution in [2.24, 2.45) is 0 Å². The van der Waals surface area contributed by atoms with E-state index in [1.807, 2.05) is 0 Å². The van der Waals surface area contributed by atoms with E-state index < -0.39 is 75.7 Å². The fourth-order valence-electron chi connectivity index (χ4n) is 2.93. The number of hydrogen-bond donors (Lipinski definition) is 0. The molecule has 2 aromatic carbocycles. The first-order chi connectivity index (χ1) is 15.5. The average Bonchev–Trinajstić information content (AvgIpc) is 2.69. The van der Waals surface area contributed by atoms with Gasteiger partial charge in [0.25, 0.3) is 0 Å². The Morgan fingerprint density at radius 3 is 1.49 bits per heavy atom. The monoisotopic (exact) mass is 532 g/mol. The van der Waals surface area contributed by atoms with Gasteiger partial charge in [-0.15, -0.1) is 0 Å². The second-order valence-electron chi connectivity index (χ2n) is 6.76. The third-order valence-corrected chi connectivity index (χ3v) is 4.51. The van der Waals surface area contributed by atoms with Crippen LogP contribution < -0.4 is 0 Å². The van der Waals surface area contributed by atoms with Crippen molar-refractivity contribution in [1.82, 2.24) is 0 Å². The van der Waals surface area contributed by atoms with Crippen LogP contribution in [0.3, 0.4) is 0 Å². The summed E-state index contributed by atoms with van der Waals surface area (Å²) in [7, 11) is 0. The van der Waals surface area contributed by atoms with Crippen LogP contribution in [-0.4, -0.2) is 18.3 Å². The van der Waals surface area contributed by atoms with E-state index >= 15 is 4.39 Å². The van der Waals surface area contributed by atoms with E-state index in [9.17, 15) is 61.5 Å². The van der Waals surface area contributed by atoms with E-state index in [1.54, 1.807) is 0 Å². The van der Waals surface area contributed by atoms with Gasteiger partial charge in [-0.3, -0.25) is 0 Å². The second-order valence-corrected chi connectivity index (χ2v) is 6.76. The number of benzene rings is 2. The molecule has 16 heteroatoms. The van der Waals surface area contributed by atoms with Gasteiger partial charge in [-0.25, -0.2) is 4.39 Å². The Balaban J connectivity index is 3.27. The Labute approximate surface area is 184 Å². The van der Waals surface area contributed by atoms with Crippen LogP contribution in [0.5, 0.6) is 0 Å². The fraction of sp³-hybridized carbons (Fsp3) is 0.316. The summed E-state index contributed by atoms with van der Waals surface area (Å²) >= 11 is 0. The van der Waals surface area contributed by atoms with Crippen LogP contribution in [0.4, 0.5) is 65.9 Å². The summed E-state index contributed by atoms with van der Waals surface area (Å²) < 4.78 is 202. The molecule has 0 aliphatic rings. The maximum Gasteiger partial charge on any atom is 0.457 e. The van der Waals surface area contributed by atoms with Gasteiger partial charge in [-0.2, -0.15) is 66.7 Å². The first-order valence-corrected chi connectivity index (χ1v) is 8.46. The topological polar surface area (TPSA) is 23.8 Å². The molecule has 0 N–H and O–H groups in total. The van der Waals surface area contributed by atoms with Gasteiger partial charge in [0.05, 0.1) is 22.8 Å². The SMILES string of the molecule is N#Cc1ccc(-c2c(C(F)(F)F)[c]c(C(F)(F)F)cc2C(F)(C(F)(F)F)C(F)(F)C(F)(F)F)cc1. The van der Waals surface area contributed by atoms with Gasteiger partial charge < -0.3 is 0 Å². The molecule has 0 aliphatic heterocycles. The summed E-state index contributed by atoms with van der Waals surface area (Å²) in [5.41, 5.74) is -20.4. The van der Waals surface area contributed by atoms with Crippen molar-refractivity contribution in [3.05, 3.63) is 58.7 Å². The maximum absolute atomic E-state index is 15.1. The third-order valence-electron chi connectivity index (χ3n) is 4.51. The molecule has 191 valence electrons. The van der Waals surface area contributed by atoms with Crippen molar-refractivity contribution in [3.8, 4) is 17.2 Å². The van der Waals surface area contributed by atoms with Crippen molar-refractivity contribution < 1.29 is 65.9 Å². The molecule has 0 aromatic heterocycles. The van der Waals surface area contributed by atoms with E-state index in [0.717, 1.165) is 0 Å². The van der Waals surface area contributed by atoms with Crippen LogP contribution in [-0.2, 0) is 18.0 Å². The van der Waals surface area contributed by atoms with Crippen LogP contribution >= 0.6 is 0 Å². The molecule has 35 heavy (non-hydrogen) atoms. The van der Waals surface area contributed by atoms with E-state index in [0.29, 0.717) is 18.2 Å². The average molecular weight is 532 g/mol. The molecular formula is C19H5F15N. The highest BCUT2D eigenvalue weighted by molar-refractivity contribution is 5.74. The van der Waals surface area contributed by atoms with Gasteiger partial charge in [-0.1, -0.05) is 12.1 Å². The number of alkyl halides is 15. The molecule has 0 fully saturated rings.